The van der Waals surface area contributed by atoms with Crippen molar-refractivity contribution < 1.29 is 13.9 Å². The molecule has 3 aromatic heterocycles. The van der Waals surface area contributed by atoms with Crippen LogP contribution in [0.3, 0.4) is 0 Å². The van der Waals surface area contributed by atoms with Gasteiger partial charge in [-0.3, -0.25) is 4.40 Å². The molecule has 0 radical (unpaired) electrons. The molecule has 0 saturated heterocycles. The second-order valence-electron chi connectivity index (χ2n) is 6.07. The van der Waals surface area contributed by atoms with E-state index in [1.54, 1.807) is 46.7 Å². The van der Waals surface area contributed by atoms with Crippen molar-refractivity contribution in [2.45, 2.75) is 0 Å². The van der Waals surface area contributed by atoms with E-state index in [-0.39, 0.29) is 0 Å². The summed E-state index contributed by atoms with van der Waals surface area (Å²) in [5.74, 6) is -0.875. The van der Waals surface area contributed by atoms with Gasteiger partial charge < -0.3 is 9.30 Å². The van der Waals surface area contributed by atoms with Gasteiger partial charge in [-0.1, -0.05) is 11.6 Å². The number of pyridine rings is 1. The number of carbonyl (C=O) groups is 1. The minimum Gasteiger partial charge on any atom is -0.465 e. The van der Waals surface area contributed by atoms with Crippen LogP contribution in [-0.4, -0.2) is 32.0 Å². The highest BCUT2D eigenvalue weighted by Crippen LogP contribution is 2.38. The van der Waals surface area contributed by atoms with Gasteiger partial charge in [0.1, 0.15) is 32.6 Å². The van der Waals surface area contributed by atoms with Gasteiger partial charge in [-0.2, -0.15) is 0 Å². The van der Waals surface area contributed by atoms with Crippen molar-refractivity contribution in [1.29, 1.82) is 0 Å². The lowest BCUT2D eigenvalue weighted by atomic mass is 10.0. The first-order valence-electron chi connectivity index (χ1n) is 8.13. The van der Waals surface area contributed by atoms with Crippen LogP contribution in [0.25, 0.3) is 28.2 Å². The SMILES string of the molecule is COC(=O)c1ccn2c(Br)c(-c3cc(F)ccc3-c3ncn(C)c3Cl)nc2c1. The molecule has 142 valence electrons. The average molecular weight is 464 g/mol. The third kappa shape index (κ3) is 2.98. The van der Waals surface area contributed by atoms with Crippen molar-refractivity contribution in [3.63, 3.8) is 0 Å². The predicted molar refractivity (Wildman–Crippen MR) is 107 cm³/mol. The smallest absolute Gasteiger partial charge is 0.338 e. The van der Waals surface area contributed by atoms with Crippen LogP contribution >= 0.6 is 27.5 Å². The standard InChI is InChI=1S/C19H13BrClFN4O2/c1-25-9-23-16(18(25)21)12-4-3-11(22)8-13(12)15-17(20)26-6-5-10(19(27)28-2)7-14(26)24-15/h3-9H,1-2H3. The number of hydrogen-bond donors (Lipinski definition) is 0. The Morgan fingerprint density at radius 3 is 2.68 bits per heavy atom. The molecule has 0 saturated carbocycles. The van der Waals surface area contributed by atoms with Gasteiger partial charge in [-0.15, -0.1) is 0 Å². The average Bonchev–Trinajstić information content (AvgIpc) is 3.20. The highest BCUT2D eigenvalue weighted by atomic mass is 79.9. The molecule has 0 aliphatic carbocycles. The highest BCUT2D eigenvalue weighted by molar-refractivity contribution is 9.10. The van der Waals surface area contributed by atoms with Crippen LogP contribution in [0.5, 0.6) is 0 Å². The minimum absolute atomic E-state index is 0.367. The number of fused-ring (bicyclic) bond motifs is 1. The molecule has 3 heterocycles. The Labute approximate surface area is 172 Å². The zero-order valence-electron chi connectivity index (χ0n) is 14.8. The summed E-state index contributed by atoms with van der Waals surface area (Å²) in [4.78, 5) is 20.7. The lowest BCUT2D eigenvalue weighted by Crippen LogP contribution is -2.01. The highest BCUT2D eigenvalue weighted by Gasteiger charge is 2.21. The molecule has 0 aliphatic rings. The van der Waals surface area contributed by atoms with Gasteiger partial charge in [0.2, 0.25) is 0 Å². The topological polar surface area (TPSA) is 61.4 Å². The van der Waals surface area contributed by atoms with Gasteiger partial charge in [0.25, 0.3) is 0 Å². The van der Waals surface area contributed by atoms with Crippen LogP contribution in [0.4, 0.5) is 4.39 Å². The van der Waals surface area contributed by atoms with Crippen molar-refractivity contribution in [2.24, 2.45) is 7.05 Å². The van der Waals surface area contributed by atoms with Gasteiger partial charge in [0.05, 0.1) is 19.0 Å². The normalized spacial score (nSPS) is 11.2. The Hall–Kier alpha value is -2.71. The van der Waals surface area contributed by atoms with E-state index in [9.17, 15) is 9.18 Å². The first-order valence-corrected chi connectivity index (χ1v) is 9.31. The third-order valence-electron chi connectivity index (χ3n) is 4.35. The molecule has 0 N–H and O–H groups in total. The minimum atomic E-state index is -0.463. The van der Waals surface area contributed by atoms with Crippen molar-refractivity contribution >= 4 is 39.1 Å². The molecule has 1 aromatic carbocycles. The molecule has 9 heteroatoms. The molecule has 4 aromatic rings. The maximum atomic E-state index is 14.1. The number of esters is 1. The number of rotatable bonds is 3. The number of imidazole rings is 2. The van der Waals surface area contributed by atoms with Gasteiger partial charge in [-0.05, 0) is 46.3 Å². The summed E-state index contributed by atoms with van der Waals surface area (Å²) < 4.78 is 22.9. The van der Waals surface area contributed by atoms with Gasteiger partial charge in [0, 0.05) is 24.4 Å². The number of aromatic nitrogens is 4. The maximum absolute atomic E-state index is 14.1. The third-order valence-corrected chi connectivity index (χ3v) is 5.55. The Morgan fingerprint density at radius 1 is 1.21 bits per heavy atom. The molecule has 4 rings (SSSR count). The summed E-state index contributed by atoms with van der Waals surface area (Å²) in [5.41, 5.74) is 3.06. The summed E-state index contributed by atoms with van der Waals surface area (Å²) in [6, 6.07) is 7.58. The lowest BCUT2D eigenvalue weighted by molar-refractivity contribution is 0.0600. The van der Waals surface area contributed by atoms with E-state index >= 15 is 0 Å². The van der Waals surface area contributed by atoms with Crippen LogP contribution in [-0.2, 0) is 11.8 Å². The number of ether oxygens (including phenoxy) is 1. The molecule has 0 atom stereocenters. The second-order valence-corrected chi connectivity index (χ2v) is 7.18. The molecular weight excluding hydrogens is 451 g/mol. The van der Waals surface area contributed by atoms with E-state index in [0.717, 1.165) is 0 Å². The molecule has 0 spiro atoms. The number of halogens is 3. The fraction of sp³-hybridized carbons (Fsp3) is 0.105. The molecule has 0 amide bonds. The number of aryl methyl sites for hydroxylation is 1. The number of methoxy groups -OCH3 is 1. The van der Waals surface area contributed by atoms with Crippen molar-refractivity contribution in [1.82, 2.24) is 18.9 Å². The van der Waals surface area contributed by atoms with Gasteiger partial charge in [-0.25, -0.2) is 19.2 Å². The van der Waals surface area contributed by atoms with Crippen LogP contribution in [0.2, 0.25) is 5.15 Å². The fourth-order valence-electron chi connectivity index (χ4n) is 2.95. The quantitative estimate of drug-likeness (QED) is 0.412. The van der Waals surface area contributed by atoms with Crippen molar-refractivity contribution in [2.75, 3.05) is 7.11 Å². The van der Waals surface area contributed by atoms with E-state index in [2.05, 4.69) is 25.9 Å². The largest absolute Gasteiger partial charge is 0.465 e. The van der Waals surface area contributed by atoms with Crippen molar-refractivity contribution in [3.8, 4) is 22.5 Å². The monoisotopic (exact) mass is 462 g/mol. The molecule has 0 bridgehead atoms. The Morgan fingerprint density at radius 2 is 2.00 bits per heavy atom. The van der Waals surface area contributed by atoms with Crippen molar-refractivity contribution in [3.05, 3.63) is 64.0 Å². The Balaban J connectivity index is 1.95. The van der Waals surface area contributed by atoms with Gasteiger partial charge >= 0.3 is 5.97 Å². The van der Waals surface area contributed by atoms with Gasteiger partial charge in [0.15, 0.2) is 0 Å². The second kappa shape index (κ2) is 7.03. The molecule has 0 fully saturated rings. The van der Waals surface area contributed by atoms with E-state index in [1.165, 1.54) is 19.2 Å². The van der Waals surface area contributed by atoms with Crippen LogP contribution in [0.1, 0.15) is 10.4 Å². The predicted octanol–water partition coefficient (Wildman–Crippen LogP) is 4.74. The zero-order valence-corrected chi connectivity index (χ0v) is 17.1. The number of benzene rings is 1. The molecule has 0 unspecified atom stereocenters. The summed E-state index contributed by atoms with van der Waals surface area (Å²) in [5, 5.41) is 0.431. The summed E-state index contributed by atoms with van der Waals surface area (Å²) in [6.45, 7) is 0. The van der Waals surface area contributed by atoms with Crippen LogP contribution in [0, 0.1) is 5.82 Å². The number of hydrogen-bond acceptors (Lipinski definition) is 4. The summed E-state index contributed by atoms with van der Waals surface area (Å²) >= 11 is 9.88. The number of carbonyl (C=O) groups excluding carboxylic acids is 1. The Bertz CT molecular complexity index is 1230. The maximum Gasteiger partial charge on any atom is 0.338 e. The van der Waals surface area contributed by atoms with Crippen LogP contribution in [0.15, 0.2) is 47.5 Å². The lowest BCUT2D eigenvalue weighted by Gasteiger charge is -2.07. The van der Waals surface area contributed by atoms with E-state index in [1.807, 2.05) is 0 Å². The molecular formula is C19H13BrClFN4O2. The van der Waals surface area contributed by atoms with E-state index < -0.39 is 11.8 Å². The van der Waals surface area contributed by atoms with Crippen LogP contribution < -0.4 is 0 Å². The summed E-state index contributed by atoms with van der Waals surface area (Å²) in [6.07, 6.45) is 3.28. The zero-order chi connectivity index (χ0) is 20.0. The fourth-order valence-corrected chi connectivity index (χ4v) is 3.74. The first kappa shape index (κ1) is 18.6. The first-order chi connectivity index (χ1) is 13.4. The van der Waals surface area contributed by atoms with E-state index in [0.29, 0.717) is 43.5 Å². The Kier molecular flexibility index (Phi) is 4.68. The molecule has 28 heavy (non-hydrogen) atoms. The summed E-state index contributed by atoms with van der Waals surface area (Å²) in [7, 11) is 3.09. The van der Waals surface area contributed by atoms with E-state index in [4.69, 9.17) is 16.3 Å². The molecule has 0 aliphatic heterocycles. The molecule has 6 nitrogen and oxygen atoms in total. The number of nitrogens with zero attached hydrogens (tertiary/aromatic N) is 4.